The molecule has 29 heavy (non-hydrogen) atoms. The van der Waals surface area contributed by atoms with E-state index in [0.717, 1.165) is 26.1 Å². The molecule has 3 heteroatoms. The van der Waals surface area contributed by atoms with Crippen LogP contribution >= 0.6 is 0 Å². The smallest absolute Gasteiger partial charge is 0.200 e. The fourth-order valence-corrected chi connectivity index (χ4v) is 4.64. The van der Waals surface area contributed by atoms with Crippen molar-refractivity contribution in [2.24, 2.45) is 4.99 Å². The number of hydrogen-bond donors (Lipinski definition) is 1. The van der Waals surface area contributed by atoms with Crippen LogP contribution in [-0.2, 0) is 0 Å². The molecule has 0 radical (unpaired) electrons. The van der Waals surface area contributed by atoms with E-state index in [1.165, 1.54) is 102 Å². The highest BCUT2D eigenvalue weighted by molar-refractivity contribution is 5.76. The monoisotopic (exact) mass is 407 g/mol. The summed E-state index contributed by atoms with van der Waals surface area (Å²) in [6.45, 7) is 9.22. The summed E-state index contributed by atoms with van der Waals surface area (Å²) in [4.78, 5) is 4.72. The zero-order chi connectivity index (χ0) is 21.2. The molecular formula is C26H51N2O+. The van der Waals surface area contributed by atoms with Crippen molar-refractivity contribution in [1.29, 1.82) is 0 Å². The molecule has 1 heterocycles. The van der Waals surface area contributed by atoms with E-state index < -0.39 is 0 Å². The number of aliphatic hydroxyl groups is 1. The first-order chi connectivity index (χ1) is 14.2. The summed E-state index contributed by atoms with van der Waals surface area (Å²) in [7, 11) is 0. The van der Waals surface area contributed by atoms with Crippen LogP contribution in [0.1, 0.15) is 124 Å². The van der Waals surface area contributed by atoms with Crippen LogP contribution in [-0.4, -0.2) is 41.3 Å². The largest absolute Gasteiger partial charge is 0.345 e. The predicted octanol–water partition coefficient (Wildman–Crippen LogP) is 7.39. The lowest BCUT2D eigenvalue weighted by atomic mass is 10.1. The van der Waals surface area contributed by atoms with Crippen LogP contribution in [0.5, 0.6) is 0 Å². The predicted molar refractivity (Wildman–Crippen MR) is 128 cm³/mol. The highest BCUT2D eigenvalue weighted by Gasteiger charge is 2.40. The third-order valence-electron chi connectivity index (χ3n) is 6.75. The van der Waals surface area contributed by atoms with Gasteiger partial charge in [0.15, 0.2) is 6.23 Å². The molecule has 2 unspecified atom stereocenters. The van der Waals surface area contributed by atoms with Crippen molar-refractivity contribution >= 4 is 5.84 Å². The Balaban J connectivity index is 1.89. The Hall–Kier alpha value is -0.670. The molecule has 0 saturated carbocycles. The molecule has 0 bridgehead atoms. The maximum Gasteiger partial charge on any atom is 0.200 e. The van der Waals surface area contributed by atoms with Gasteiger partial charge in [-0.15, -0.1) is 0 Å². The topological polar surface area (TPSA) is 32.6 Å². The molecule has 0 fully saturated rings. The summed E-state index contributed by atoms with van der Waals surface area (Å²) in [5, 5.41) is 10.2. The van der Waals surface area contributed by atoms with E-state index in [-0.39, 0.29) is 6.23 Å². The molecule has 1 rings (SSSR count). The van der Waals surface area contributed by atoms with Crippen molar-refractivity contribution in [3.63, 3.8) is 0 Å². The number of rotatable bonds is 19. The Morgan fingerprint density at radius 2 is 1.34 bits per heavy atom. The molecule has 0 amide bonds. The molecule has 3 nitrogen and oxygen atoms in total. The lowest BCUT2D eigenvalue weighted by Gasteiger charge is -2.36. The lowest BCUT2D eigenvalue weighted by molar-refractivity contribution is -0.882. The number of quaternary nitrogens is 1. The minimum absolute atomic E-state index is 0.318. The third-order valence-corrected chi connectivity index (χ3v) is 6.75. The maximum atomic E-state index is 10.2. The van der Waals surface area contributed by atoms with E-state index in [0.29, 0.717) is 4.48 Å². The quantitative estimate of drug-likeness (QED) is 0.135. The van der Waals surface area contributed by atoms with E-state index in [2.05, 4.69) is 26.0 Å². The first kappa shape index (κ1) is 26.4. The fraction of sp³-hybridized carbons (Fsp3) is 0.885. The second-order valence-corrected chi connectivity index (χ2v) is 9.05. The van der Waals surface area contributed by atoms with Crippen molar-refractivity contribution in [3.05, 3.63) is 12.2 Å². The van der Waals surface area contributed by atoms with Crippen LogP contribution in [0.4, 0.5) is 0 Å². The van der Waals surface area contributed by atoms with Gasteiger partial charge in [-0.25, -0.2) is 4.99 Å². The van der Waals surface area contributed by atoms with Gasteiger partial charge in [-0.1, -0.05) is 83.3 Å². The number of amidine groups is 1. The van der Waals surface area contributed by atoms with Gasteiger partial charge >= 0.3 is 0 Å². The molecule has 1 aliphatic heterocycles. The summed E-state index contributed by atoms with van der Waals surface area (Å²) in [5.74, 6) is 1.25. The number of hydrogen-bond acceptors (Lipinski definition) is 2. The van der Waals surface area contributed by atoms with Gasteiger partial charge in [0.1, 0.15) is 6.54 Å². The fourth-order valence-electron chi connectivity index (χ4n) is 4.64. The molecule has 0 saturated heterocycles. The van der Waals surface area contributed by atoms with Gasteiger partial charge in [-0.05, 0) is 39.0 Å². The number of unbranched alkanes of at least 4 members (excludes halogenated alkanes) is 13. The van der Waals surface area contributed by atoms with Gasteiger partial charge in [0.05, 0.1) is 13.1 Å². The first-order valence-corrected chi connectivity index (χ1v) is 12.9. The van der Waals surface area contributed by atoms with E-state index in [4.69, 9.17) is 4.99 Å². The number of allylic oxidation sites excluding steroid dienone is 2. The molecule has 1 N–H and O–H groups in total. The zero-order valence-corrected chi connectivity index (χ0v) is 20.0. The van der Waals surface area contributed by atoms with Gasteiger partial charge in [-0.3, -0.25) is 4.48 Å². The molecule has 0 aromatic heterocycles. The molecular weight excluding hydrogens is 356 g/mol. The molecule has 0 aromatic carbocycles. The maximum absolute atomic E-state index is 10.2. The SMILES string of the molecule is CCCCCCC/C=C/CCCCCCCCCCC1=NCC[N+]1(CC)C(C)O. The first-order valence-electron chi connectivity index (χ1n) is 12.9. The third kappa shape index (κ3) is 10.8. The lowest BCUT2D eigenvalue weighted by Crippen LogP contribution is -2.56. The Bertz CT molecular complexity index is 444. The zero-order valence-electron chi connectivity index (χ0n) is 20.0. The second kappa shape index (κ2) is 17.1. The van der Waals surface area contributed by atoms with E-state index in [9.17, 15) is 5.11 Å². The van der Waals surface area contributed by atoms with Crippen LogP contribution in [0.2, 0.25) is 0 Å². The number of likely N-dealkylation sites (N-methyl/N-ethyl adjacent to an activating group) is 1. The standard InChI is InChI=1S/C26H51N2O/c1-4-6-7-8-9-10-11-12-13-14-15-16-17-18-19-20-21-22-26-27-23-24-28(26,5-2)25(3)29/h11-12,25,29H,4-10,13-24H2,1-3H3/q+1/b12-11+. The summed E-state index contributed by atoms with van der Waals surface area (Å²) in [5.41, 5.74) is 0. The van der Waals surface area contributed by atoms with Crippen LogP contribution in [0.3, 0.4) is 0 Å². The summed E-state index contributed by atoms with van der Waals surface area (Å²) < 4.78 is 0.716. The van der Waals surface area contributed by atoms with Crippen LogP contribution in [0, 0.1) is 0 Å². The number of aliphatic hydroxyl groups excluding tert-OH is 1. The van der Waals surface area contributed by atoms with E-state index >= 15 is 0 Å². The minimum atomic E-state index is -0.318. The Morgan fingerprint density at radius 3 is 1.86 bits per heavy atom. The Kier molecular flexibility index (Phi) is 15.5. The highest BCUT2D eigenvalue weighted by atomic mass is 16.3. The average Bonchev–Trinajstić information content (AvgIpc) is 3.14. The van der Waals surface area contributed by atoms with Gasteiger partial charge in [0.2, 0.25) is 5.84 Å². The van der Waals surface area contributed by atoms with E-state index in [1.807, 2.05) is 6.92 Å². The van der Waals surface area contributed by atoms with Crippen molar-refractivity contribution < 1.29 is 9.59 Å². The Morgan fingerprint density at radius 1 is 0.828 bits per heavy atom. The van der Waals surface area contributed by atoms with Crippen LogP contribution in [0.25, 0.3) is 0 Å². The second-order valence-electron chi connectivity index (χ2n) is 9.05. The van der Waals surface area contributed by atoms with Crippen LogP contribution < -0.4 is 0 Å². The normalized spacial score (nSPS) is 20.5. The number of aliphatic imine (C=N–C) groups is 1. The Labute approximate surface area is 182 Å². The molecule has 2 atom stereocenters. The summed E-state index contributed by atoms with van der Waals surface area (Å²) in [6, 6.07) is 0. The van der Waals surface area contributed by atoms with Gasteiger partial charge in [-0.2, -0.15) is 0 Å². The summed E-state index contributed by atoms with van der Waals surface area (Å²) >= 11 is 0. The van der Waals surface area contributed by atoms with Crippen molar-refractivity contribution in [1.82, 2.24) is 0 Å². The van der Waals surface area contributed by atoms with E-state index in [1.54, 1.807) is 0 Å². The van der Waals surface area contributed by atoms with Crippen molar-refractivity contribution in [2.75, 3.05) is 19.6 Å². The average molecular weight is 408 g/mol. The highest BCUT2D eigenvalue weighted by Crippen LogP contribution is 2.23. The molecule has 0 aromatic rings. The molecule has 1 aliphatic rings. The van der Waals surface area contributed by atoms with Gasteiger partial charge in [0, 0.05) is 13.3 Å². The molecule has 170 valence electrons. The molecule has 0 spiro atoms. The molecule has 0 aliphatic carbocycles. The van der Waals surface area contributed by atoms with Crippen molar-refractivity contribution in [2.45, 2.75) is 130 Å². The van der Waals surface area contributed by atoms with Crippen molar-refractivity contribution in [3.8, 4) is 0 Å². The number of nitrogens with zero attached hydrogens (tertiary/aromatic N) is 2. The van der Waals surface area contributed by atoms with Gasteiger partial charge < -0.3 is 5.11 Å². The minimum Gasteiger partial charge on any atom is -0.345 e. The van der Waals surface area contributed by atoms with Gasteiger partial charge in [0.25, 0.3) is 0 Å². The van der Waals surface area contributed by atoms with Crippen LogP contribution in [0.15, 0.2) is 17.1 Å². The summed E-state index contributed by atoms with van der Waals surface area (Å²) in [6.07, 6.45) is 25.9.